The third-order valence-electron chi connectivity index (χ3n) is 2.15. The van der Waals surface area contributed by atoms with E-state index in [1.807, 2.05) is 20.8 Å². The Kier molecular flexibility index (Phi) is 5.77. The van der Waals surface area contributed by atoms with Gasteiger partial charge in [-0.3, -0.25) is 9.79 Å². The van der Waals surface area contributed by atoms with Gasteiger partial charge in [0.15, 0.2) is 5.82 Å². The molecule has 1 unspecified atom stereocenters. The molecule has 0 saturated heterocycles. The molecule has 0 spiro atoms. The van der Waals surface area contributed by atoms with Crippen LogP contribution in [0, 0.1) is 0 Å². The van der Waals surface area contributed by atoms with Crippen LogP contribution < -0.4 is 5.32 Å². The second-order valence-electron chi connectivity index (χ2n) is 5.14. The van der Waals surface area contributed by atoms with E-state index >= 15 is 0 Å². The lowest BCUT2D eigenvalue weighted by molar-refractivity contribution is -0.138. The Hall–Kier alpha value is -2.03. The average molecular weight is 311 g/mol. The minimum Gasteiger partial charge on any atom is -0.480 e. The molecule has 114 valence electrons. The molecule has 1 heterocycles. The van der Waals surface area contributed by atoms with E-state index in [4.69, 9.17) is 5.11 Å². The predicted molar refractivity (Wildman–Crippen MR) is 79.9 cm³/mol. The van der Waals surface area contributed by atoms with Crippen molar-refractivity contribution in [3.8, 4) is 0 Å². The number of aliphatic carboxylic acids is 1. The van der Waals surface area contributed by atoms with Crippen molar-refractivity contribution in [3.63, 3.8) is 0 Å². The number of rotatable bonds is 5. The number of aliphatic imine (C=N–C) groups is 1. The normalized spacial score (nSPS) is 13.1. The summed E-state index contributed by atoms with van der Waals surface area (Å²) >= 11 is 3.86. The third-order valence-corrected chi connectivity index (χ3v) is 2.51. The fraction of sp³-hybridized carbons (Fsp3) is 0.500. The summed E-state index contributed by atoms with van der Waals surface area (Å²) in [4.78, 5) is 38.4. The van der Waals surface area contributed by atoms with E-state index in [-0.39, 0.29) is 22.9 Å². The number of nitrogens with one attached hydrogen (secondary N) is 1. The highest BCUT2D eigenvalue weighted by Gasteiger charge is 2.20. The van der Waals surface area contributed by atoms with Crippen molar-refractivity contribution in [1.29, 1.82) is 0 Å². The van der Waals surface area contributed by atoms with Gasteiger partial charge in [-0.2, -0.15) is 12.6 Å². The van der Waals surface area contributed by atoms with Gasteiger partial charge in [0.05, 0.1) is 11.8 Å². The second kappa shape index (κ2) is 7.11. The predicted octanol–water partition coefficient (Wildman–Crippen LogP) is 0.202. The van der Waals surface area contributed by atoms with Gasteiger partial charge in [-0.25, -0.2) is 19.7 Å². The maximum atomic E-state index is 11.9. The highest BCUT2D eigenvalue weighted by atomic mass is 32.1. The molecule has 1 aromatic heterocycles. The van der Waals surface area contributed by atoms with Gasteiger partial charge < -0.3 is 10.4 Å². The van der Waals surface area contributed by atoms with Gasteiger partial charge in [0.25, 0.3) is 5.91 Å². The molecule has 0 aliphatic rings. The number of hydrogen-bond acceptors (Lipinski definition) is 7. The Morgan fingerprint density at radius 1 is 1.48 bits per heavy atom. The Bertz CT molecular complexity index is 556. The van der Waals surface area contributed by atoms with Crippen molar-refractivity contribution in [1.82, 2.24) is 20.3 Å². The highest BCUT2D eigenvalue weighted by molar-refractivity contribution is 7.80. The number of carbonyl (C=O) groups excluding carboxylic acids is 1. The Labute approximate surface area is 127 Å². The van der Waals surface area contributed by atoms with Crippen molar-refractivity contribution < 1.29 is 14.7 Å². The summed E-state index contributed by atoms with van der Waals surface area (Å²) in [6, 6.07) is -1.11. The largest absolute Gasteiger partial charge is 0.480 e. The van der Waals surface area contributed by atoms with Crippen LogP contribution in [-0.2, 0) is 4.79 Å². The summed E-state index contributed by atoms with van der Waals surface area (Å²) in [7, 11) is 0. The number of thiol groups is 1. The van der Waals surface area contributed by atoms with Crippen molar-refractivity contribution in [2.24, 2.45) is 4.99 Å². The Morgan fingerprint density at radius 3 is 2.67 bits per heavy atom. The number of amides is 1. The van der Waals surface area contributed by atoms with Crippen LogP contribution in [0.2, 0.25) is 0 Å². The van der Waals surface area contributed by atoms with Crippen LogP contribution in [0.1, 0.15) is 37.2 Å². The summed E-state index contributed by atoms with van der Waals surface area (Å²) in [5.41, 5.74) is -0.296. The first-order chi connectivity index (χ1) is 9.73. The SMILES string of the molecule is CC(C)(C)/N=C\c1ncnc(C(=O)NC(CS)C(=O)O)n1. The topological polar surface area (TPSA) is 117 Å². The number of aromatic nitrogens is 3. The number of hydrogen-bond donors (Lipinski definition) is 3. The van der Waals surface area contributed by atoms with E-state index in [2.05, 4.69) is 37.9 Å². The van der Waals surface area contributed by atoms with Gasteiger partial charge >= 0.3 is 5.97 Å². The molecule has 0 bridgehead atoms. The first kappa shape index (κ1) is 17.0. The minimum atomic E-state index is -1.18. The molecule has 1 aromatic rings. The molecule has 0 aliphatic carbocycles. The van der Waals surface area contributed by atoms with Crippen LogP contribution in [0.4, 0.5) is 0 Å². The zero-order valence-corrected chi connectivity index (χ0v) is 12.8. The van der Waals surface area contributed by atoms with E-state index in [1.54, 1.807) is 0 Å². The van der Waals surface area contributed by atoms with Crippen molar-refractivity contribution in [2.75, 3.05) is 5.75 Å². The van der Waals surface area contributed by atoms with Crippen LogP contribution >= 0.6 is 12.6 Å². The van der Waals surface area contributed by atoms with Gasteiger partial charge in [0.1, 0.15) is 12.4 Å². The molecule has 1 atom stereocenters. The molecule has 21 heavy (non-hydrogen) atoms. The van der Waals surface area contributed by atoms with E-state index in [0.29, 0.717) is 0 Å². The van der Waals surface area contributed by atoms with Crippen molar-refractivity contribution in [2.45, 2.75) is 32.4 Å². The molecule has 9 heteroatoms. The maximum absolute atomic E-state index is 11.9. The summed E-state index contributed by atoms with van der Waals surface area (Å²) in [6.45, 7) is 5.72. The van der Waals surface area contributed by atoms with Gasteiger partial charge in [-0.05, 0) is 20.8 Å². The van der Waals surface area contributed by atoms with Crippen LogP contribution in [0.15, 0.2) is 11.3 Å². The minimum absolute atomic E-state index is 0.0372. The Morgan fingerprint density at radius 2 is 2.14 bits per heavy atom. The fourth-order valence-electron chi connectivity index (χ4n) is 1.14. The van der Waals surface area contributed by atoms with E-state index in [9.17, 15) is 9.59 Å². The molecule has 0 aliphatic heterocycles. The lowest BCUT2D eigenvalue weighted by Gasteiger charge is -2.11. The first-order valence-electron chi connectivity index (χ1n) is 6.11. The monoisotopic (exact) mass is 311 g/mol. The molecule has 8 nitrogen and oxygen atoms in total. The fourth-order valence-corrected chi connectivity index (χ4v) is 1.39. The number of nitrogens with zero attached hydrogens (tertiary/aromatic N) is 4. The van der Waals surface area contributed by atoms with Crippen molar-refractivity contribution >= 4 is 30.7 Å². The second-order valence-corrected chi connectivity index (χ2v) is 5.51. The molecule has 1 amide bonds. The van der Waals surface area contributed by atoms with E-state index in [0.717, 1.165) is 0 Å². The molecular weight excluding hydrogens is 294 g/mol. The summed E-state index contributed by atoms with van der Waals surface area (Å²) in [6.07, 6.45) is 2.61. The molecule has 0 radical (unpaired) electrons. The number of carboxylic acid groups (broad SMARTS) is 1. The third kappa shape index (κ3) is 5.86. The molecule has 2 N–H and O–H groups in total. The summed E-state index contributed by atoms with van der Waals surface area (Å²) < 4.78 is 0. The average Bonchev–Trinajstić information content (AvgIpc) is 2.41. The lowest BCUT2D eigenvalue weighted by Crippen LogP contribution is -2.42. The van der Waals surface area contributed by atoms with Gasteiger partial charge in [0, 0.05) is 5.75 Å². The highest BCUT2D eigenvalue weighted by Crippen LogP contribution is 2.05. The quantitative estimate of drug-likeness (QED) is 0.528. The molecule has 0 fully saturated rings. The van der Waals surface area contributed by atoms with Gasteiger partial charge in [-0.1, -0.05) is 0 Å². The summed E-state index contributed by atoms with van der Waals surface area (Å²) in [5.74, 6) is -1.87. The maximum Gasteiger partial charge on any atom is 0.327 e. The smallest absolute Gasteiger partial charge is 0.327 e. The van der Waals surface area contributed by atoms with E-state index < -0.39 is 17.9 Å². The first-order valence-corrected chi connectivity index (χ1v) is 6.75. The van der Waals surface area contributed by atoms with Crippen LogP contribution in [0.5, 0.6) is 0 Å². The van der Waals surface area contributed by atoms with Gasteiger partial charge in [0.2, 0.25) is 5.82 Å². The number of carboxylic acids is 1. The van der Waals surface area contributed by atoms with Crippen LogP contribution in [0.25, 0.3) is 0 Å². The zero-order valence-electron chi connectivity index (χ0n) is 11.9. The molecule has 0 aromatic carbocycles. The Balaban J connectivity index is 2.87. The lowest BCUT2D eigenvalue weighted by atomic mass is 10.1. The molecule has 0 saturated carbocycles. The van der Waals surface area contributed by atoms with Gasteiger partial charge in [-0.15, -0.1) is 0 Å². The van der Waals surface area contributed by atoms with E-state index in [1.165, 1.54) is 12.5 Å². The summed E-state index contributed by atoms with van der Waals surface area (Å²) in [5, 5.41) is 11.1. The van der Waals surface area contributed by atoms with Crippen LogP contribution in [-0.4, -0.2) is 55.5 Å². The van der Waals surface area contributed by atoms with Crippen molar-refractivity contribution in [3.05, 3.63) is 18.0 Å². The van der Waals surface area contributed by atoms with Crippen LogP contribution in [0.3, 0.4) is 0 Å². The molecular formula is C12H17N5O3S. The standard InChI is InChI=1S/C12H17N5O3S/c1-12(2,3)15-4-8-13-6-14-9(17-8)10(18)16-7(5-21)11(19)20/h4,6-7,21H,5H2,1-3H3,(H,16,18)(H,19,20)/b15-4-. The zero-order chi connectivity index (χ0) is 16.0. The number of carbonyl (C=O) groups is 2. The molecule has 1 rings (SSSR count).